The third-order valence-corrected chi connectivity index (χ3v) is 7.49. The van der Waals surface area contributed by atoms with Gasteiger partial charge < -0.3 is 18.8 Å². The van der Waals surface area contributed by atoms with E-state index in [-0.39, 0.29) is 18.1 Å². The van der Waals surface area contributed by atoms with Gasteiger partial charge in [0.15, 0.2) is 0 Å². The molecule has 8 heteroatoms. The lowest BCUT2D eigenvalue weighted by atomic mass is 9.78. The molecule has 1 saturated heterocycles. The number of fused-ring (bicyclic) bond motifs is 3. The van der Waals surface area contributed by atoms with E-state index in [2.05, 4.69) is 29.6 Å². The van der Waals surface area contributed by atoms with Gasteiger partial charge >= 0.3 is 19.2 Å². The average molecular weight is 499 g/mol. The highest BCUT2D eigenvalue weighted by atomic mass is 16.7. The molecule has 0 aromatic heterocycles. The Balaban J connectivity index is 1.35. The molecule has 3 aromatic carbocycles. The molecule has 1 fully saturated rings. The number of hydrogen-bond acceptors (Lipinski definition) is 6. The molecule has 5 rings (SSSR count). The third-order valence-electron chi connectivity index (χ3n) is 7.49. The lowest BCUT2D eigenvalue weighted by Crippen LogP contribution is -2.41. The maximum atomic E-state index is 12.9. The van der Waals surface area contributed by atoms with Crippen LogP contribution in [-0.4, -0.2) is 44.1 Å². The maximum Gasteiger partial charge on any atom is 0.494 e. The zero-order valence-electron chi connectivity index (χ0n) is 21.7. The van der Waals surface area contributed by atoms with Crippen molar-refractivity contribution in [1.82, 2.24) is 0 Å². The van der Waals surface area contributed by atoms with Crippen molar-refractivity contribution in [1.29, 1.82) is 0 Å². The average Bonchev–Trinajstić information content (AvgIpc) is 3.31. The van der Waals surface area contributed by atoms with Crippen LogP contribution in [0.5, 0.6) is 0 Å². The molecule has 7 nitrogen and oxygen atoms in total. The van der Waals surface area contributed by atoms with E-state index in [0.717, 1.165) is 22.3 Å². The molecule has 37 heavy (non-hydrogen) atoms. The Morgan fingerprint density at radius 2 is 1.46 bits per heavy atom. The second-order valence-corrected chi connectivity index (χ2v) is 10.4. The normalized spacial score (nSPS) is 17.2. The molecular formula is C29H30BNO6. The number of rotatable bonds is 5. The first-order valence-electron chi connectivity index (χ1n) is 12.3. The van der Waals surface area contributed by atoms with E-state index in [0.29, 0.717) is 11.2 Å². The molecule has 0 unspecified atom stereocenters. The van der Waals surface area contributed by atoms with Crippen LogP contribution in [0.4, 0.5) is 10.5 Å². The standard InChI is InChI=1S/C29H30BNO6/c1-28(2)29(3,4)37-30(36-28)19-14-18(26(32)34-5)15-20(16-19)31-27(33)35-17-25-23-12-8-6-10-21(23)22-11-7-9-13-24(22)25/h6-16,25H,17H2,1-5H3,(H,31,33). The zero-order valence-corrected chi connectivity index (χ0v) is 21.7. The maximum absolute atomic E-state index is 12.9. The van der Waals surface area contributed by atoms with Crippen molar-refractivity contribution >= 4 is 30.3 Å². The van der Waals surface area contributed by atoms with E-state index in [4.69, 9.17) is 18.8 Å². The number of hydrogen-bond donors (Lipinski definition) is 1. The van der Waals surface area contributed by atoms with Gasteiger partial charge in [-0.2, -0.15) is 0 Å². The lowest BCUT2D eigenvalue weighted by molar-refractivity contribution is 0.00578. The topological polar surface area (TPSA) is 83.1 Å². The SMILES string of the molecule is COC(=O)c1cc(NC(=O)OCC2c3ccccc3-c3ccccc32)cc(B2OC(C)(C)C(C)(C)O2)c1. The highest BCUT2D eigenvalue weighted by Gasteiger charge is 2.51. The van der Waals surface area contributed by atoms with E-state index >= 15 is 0 Å². The minimum absolute atomic E-state index is 0.0557. The van der Waals surface area contributed by atoms with Crippen molar-refractivity contribution < 1.29 is 28.4 Å². The fourth-order valence-electron chi connectivity index (χ4n) is 4.83. The van der Waals surface area contributed by atoms with Crippen LogP contribution in [0.1, 0.15) is 55.1 Å². The Morgan fingerprint density at radius 3 is 2.03 bits per heavy atom. The molecule has 1 heterocycles. The summed E-state index contributed by atoms with van der Waals surface area (Å²) in [6, 6.07) is 21.2. The highest BCUT2D eigenvalue weighted by molar-refractivity contribution is 6.62. The van der Waals surface area contributed by atoms with Gasteiger partial charge in [0.2, 0.25) is 0 Å². The molecule has 0 bridgehead atoms. The van der Waals surface area contributed by atoms with Crippen LogP contribution in [0.2, 0.25) is 0 Å². The third kappa shape index (κ3) is 4.63. The first kappa shape index (κ1) is 25.1. The number of esters is 1. The van der Waals surface area contributed by atoms with Crippen molar-refractivity contribution in [2.24, 2.45) is 0 Å². The molecular weight excluding hydrogens is 469 g/mol. The number of nitrogens with one attached hydrogen (secondary N) is 1. The number of carbonyl (C=O) groups excluding carboxylic acids is 2. The summed E-state index contributed by atoms with van der Waals surface area (Å²) in [6.07, 6.45) is -0.622. The monoisotopic (exact) mass is 499 g/mol. The van der Waals surface area contributed by atoms with E-state index in [9.17, 15) is 9.59 Å². The van der Waals surface area contributed by atoms with Crippen molar-refractivity contribution in [3.8, 4) is 11.1 Å². The van der Waals surface area contributed by atoms with Crippen molar-refractivity contribution in [3.05, 3.63) is 83.4 Å². The molecule has 1 aliphatic carbocycles. The number of amides is 1. The zero-order chi connectivity index (χ0) is 26.4. The number of anilines is 1. The smallest absolute Gasteiger partial charge is 0.465 e. The van der Waals surface area contributed by atoms with Crippen molar-refractivity contribution in [3.63, 3.8) is 0 Å². The summed E-state index contributed by atoms with van der Waals surface area (Å²) in [5.41, 5.74) is 4.71. The largest absolute Gasteiger partial charge is 0.494 e. The van der Waals surface area contributed by atoms with E-state index in [1.165, 1.54) is 7.11 Å². The minimum atomic E-state index is -0.710. The molecule has 0 saturated carbocycles. The van der Waals surface area contributed by atoms with Gasteiger partial charge in [-0.1, -0.05) is 48.5 Å². The summed E-state index contributed by atoms with van der Waals surface area (Å²) in [5.74, 6) is -0.589. The predicted molar refractivity (Wildman–Crippen MR) is 142 cm³/mol. The van der Waals surface area contributed by atoms with Gasteiger partial charge in [0.1, 0.15) is 6.61 Å². The lowest BCUT2D eigenvalue weighted by Gasteiger charge is -2.32. The Labute approximate surface area is 217 Å². The summed E-state index contributed by atoms with van der Waals surface area (Å²) in [7, 11) is 0.597. The van der Waals surface area contributed by atoms with Gasteiger partial charge in [0.25, 0.3) is 0 Å². The molecule has 0 atom stereocenters. The Morgan fingerprint density at radius 1 is 0.892 bits per heavy atom. The van der Waals surface area contributed by atoms with Gasteiger partial charge in [-0.3, -0.25) is 5.32 Å². The molecule has 1 aliphatic heterocycles. The van der Waals surface area contributed by atoms with Gasteiger partial charge in [-0.05, 0) is 73.6 Å². The Bertz CT molecular complexity index is 1310. The van der Waals surface area contributed by atoms with Crippen LogP contribution in [-0.2, 0) is 18.8 Å². The summed E-state index contributed by atoms with van der Waals surface area (Å²) >= 11 is 0. The molecule has 3 aromatic rings. The molecule has 1 amide bonds. The van der Waals surface area contributed by atoms with Gasteiger partial charge in [0.05, 0.1) is 23.9 Å². The van der Waals surface area contributed by atoms with Crippen molar-refractivity contribution in [2.75, 3.05) is 19.0 Å². The first-order chi connectivity index (χ1) is 17.6. The summed E-state index contributed by atoms with van der Waals surface area (Å²) in [5, 5.41) is 2.76. The molecule has 0 radical (unpaired) electrons. The van der Waals surface area contributed by atoms with Gasteiger partial charge in [-0.15, -0.1) is 0 Å². The Hall–Kier alpha value is -3.62. The fourth-order valence-corrected chi connectivity index (χ4v) is 4.83. The second-order valence-electron chi connectivity index (χ2n) is 10.4. The predicted octanol–water partition coefficient (Wildman–Crippen LogP) is 5.13. The van der Waals surface area contributed by atoms with Crippen LogP contribution in [0, 0.1) is 0 Å². The molecule has 0 spiro atoms. The van der Waals surface area contributed by atoms with E-state index in [1.807, 2.05) is 52.0 Å². The van der Waals surface area contributed by atoms with Crippen molar-refractivity contribution in [2.45, 2.75) is 44.8 Å². The van der Waals surface area contributed by atoms with Crippen LogP contribution in [0.3, 0.4) is 0 Å². The second kappa shape index (κ2) is 9.36. The van der Waals surface area contributed by atoms with Gasteiger partial charge in [0, 0.05) is 11.6 Å². The summed E-state index contributed by atoms with van der Waals surface area (Å²) in [4.78, 5) is 25.2. The van der Waals surface area contributed by atoms with Crippen LogP contribution < -0.4 is 10.8 Å². The fraction of sp³-hybridized carbons (Fsp3) is 0.310. The quantitative estimate of drug-likeness (QED) is 0.387. The summed E-state index contributed by atoms with van der Waals surface area (Å²) < 4.78 is 22.9. The number of ether oxygens (including phenoxy) is 2. The number of carbonyl (C=O) groups is 2. The number of methoxy groups -OCH3 is 1. The first-order valence-corrected chi connectivity index (χ1v) is 12.3. The Kier molecular flexibility index (Phi) is 6.34. The van der Waals surface area contributed by atoms with E-state index in [1.54, 1.807) is 18.2 Å². The summed E-state index contributed by atoms with van der Waals surface area (Å²) in [6.45, 7) is 7.99. The van der Waals surface area contributed by atoms with Gasteiger partial charge in [-0.25, -0.2) is 9.59 Å². The number of benzene rings is 3. The van der Waals surface area contributed by atoms with Crippen LogP contribution in [0.25, 0.3) is 11.1 Å². The highest BCUT2D eigenvalue weighted by Crippen LogP contribution is 2.44. The van der Waals surface area contributed by atoms with Crippen LogP contribution in [0.15, 0.2) is 66.7 Å². The van der Waals surface area contributed by atoms with Crippen LogP contribution >= 0.6 is 0 Å². The van der Waals surface area contributed by atoms with E-state index < -0.39 is 30.4 Å². The molecule has 1 N–H and O–H groups in total. The molecule has 2 aliphatic rings. The molecule has 190 valence electrons. The minimum Gasteiger partial charge on any atom is -0.465 e.